The van der Waals surface area contributed by atoms with E-state index in [1.807, 2.05) is 0 Å². The van der Waals surface area contributed by atoms with Gasteiger partial charge in [-0.1, -0.05) is 0 Å². The molecule has 0 fully saturated rings. The minimum atomic E-state index is -0.320. The molecule has 0 spiro atoms. The summed E-state index contributed by atoms with van der Waals surface area (Å²) in [5.41, 5.74) is 21.4. The minimum absolute atomic E-state index is 0.318. The number of hydrogen-bond donors (Lipinski definition) is 4. The summed E-state index contributed by atoms with van der Waals surface area (Å²) in [5, 5.41) is 0. The van der Waals surface area contributed by atoms with E-state index < -0.39 is 0 Å². The van der Waals surface area contributed by atoms with Gasteiger partial charge >= 0.3 is 0 Å². The predicted octanol–water partition coefficient (Wildman–Crippen LogP) is -2.74. The molecule has 0 atom stereocenters. The quantitative estimate of drug-likeness (QED) is 0.289. The van der Waals surface area contributed by atoms with Crippen LogP contribution in [0.5, 0.6) is 0 Å². The molecule has 0 saturated heterocycles. The van der Waals surface area contributed by atoms with Crippen molar-refractivity contribution in [2.45, 2.75) is 12.8 Å². The summed E-state index contributed by atoms with van der Waals surface area (Å²) in [5.74, 6) is -0.640. The fourth-order valence-electron chi connectivity index (χ4n) is 1.86. The molecular formula is C12H28N6O2. The van der Waals surface area contributed by atoms with Gasteiger partial charge in [0.15, 0.2) is 0 Å². The van der Waals surface area contributed by atoms with Crippen molar-refractivity contribution < 1.29 is 9.59 Å². The van der Waals surface area contributed by atoms with Gasteiger partial charge in [0.25, 0.3) is 0 Å². The minimum Gasteiger partial charge on any atom is -0.370 e. The van der Waals surface area contributed by atoms with Crippen LogP contribution in [0.3, 0.4) is 0 Å². The van der Waals surface area contributed by atoms with E-state index in [9.17, 15) is 9.59 Å². The van der Waals surface area contributed by atoms with Crippen molar-refractivity contribution in [2.75, 3.05) is 52.4 Å². The first kappa shape index (κ1) is 18.8. The van der Waals surface area contributed by atoms with E-state index in [2.05, 4.69) is 9.80 Å². The summed E-state index contributed by atoms with van der Waals surface area (Å²) >= 11 is 0. The summed E-state index contributed by atoms with van der Waals surface area (Å²) in [4.78, 5) is 25.8. The molecule has 20 heavy (non-hydrogen) atoms. The first-order chi connectivity index (χ1) is 9.49. The molecule has 0 aromatic carbocycles. The Kier molecular flexibility index (Phi) is 10.9. The Balaban J connectivity index is 4.15. The van der Waals surface area contributed by atoms with Crippen LogP contribution in [-0.2, 0) is 9.59 Å². The highest BCUT2D eigenvalue weighted by Gasteiger charge is 2.10. The largest absolute Gasteiger partial charge is 0.370 e. The maximum Gasteiger partial charge on any atom is 0.218 e. The molecular weight excluding hydrogens is 260 g/mol. The van der Waals surface area contributed by atoms with E-state index in [0.717, 1.165) is 13.1 Å². The van der Waals surface area contributed by atoms with Crippen LogP contribution < -0.4 is 22.9 Å². The molecule has 8 heteroatoms. The highest BCUT2D eigenvalue weighted by molar-refractivity contribution is 5.74. The molecule has 2 amide bonds. The van der Waals surface area contributed by atoms with Crippen molar-refractivity contribution in [1.29, 1.82) is 0 Å². The molecule has 0 radical (unpaired) electrons. The van der Waals surface area contributed by atoms with Crippen molar-refractivity contribution in [3.05, 3.63) is 0 Å². The Morgan fingerprint density at radius 2 is 1.00 bits per heavy atom. The second kappa shape index (κ2) is 11.6. The standard InChI is InChI=1S/C12H28N6O2/c13-3-7-17(5-1-11(15)19)9-10-18(8-4-14)6-2-12(16)20/h1-10,13-14H2,(H2,15,19)(H2,16,20). The Labute approximate surface area is 120 Å². The fraction of sp³-hybridized carbons (Fsp3) is 0.833. The summed E-state index contributed by atoms with van der Waals surface area (Å²) in [6, 6.07) is 0. The van der Waals surface area contributed by atoms with Crippen LogP contribution in [-0.4, -0.2) is 74.0 Å². The summed E-state index contributed by atoms with van der Waals surface area (Å²) in [7, 11) is 0. The van der Waals surface area contributed by atoms with Crippen LogP contribution in [0.4, 0.5) is 0 Å². The molecule has 0 saturated carbocycles. The van der Waals surface area contributed by atoms with Crippen molar-refractivity contribution in [3.8, 4) is 0 Å². The molecule has 8 N–H and O–H groups in total. The number of nitrogens with two attached hydrogens (primary N) is 4. The number of nitrogens with zero attached hydrogens (tertiary/aromatic N) is 2. The third kappa shape index (κ3) is 10.7. The second-order valence-corrected chi connectivity index (χ2v) is 4.69. The second-order valence-electron chi connectivity index (χ2n) is 4.69. The number of hydrogen-bond acceptors (Lipinski definition) is 6. The van der Waals surface area contributed by atoms with Gasteiger partial charge in [-0.15, -0.1) is 0 Å². The topological polar surface area (TPSA) is 145 Å². The first-order valence-electron chi connectivity index (χ1n) is 6.91. The maximum absolute atomic E-state index is 10.8. The van der Waals surface area contributed by atoms with Gasteiger partial charge in [-0.05, 0) is 0 Å². The normalized spacial score (nSPS) is 11.2. The molecule has 0 rings (SSSR count). The molecule has 118 valence electrons. The van der Waals surface area contributed by atoms with Gasteiger partial charge in [-0.2, -0.15) is 0 Å². The van der Waals surface area contributed by atoms with Gasteiger partial charge in [0, 0.05) is 65.2 Å². The summed E-state index contributed by atoms with van der Waals surface area (Å²) < 4.78 is 0. The SMILES string of the molecule is NCCN(CCC(N)=O)CCN(CCN)CCC(N)=O. The van der Waals surface area contributed by atoms with Crippen LogP contribution in [0.1, 0.15) is 12.8 Å². The third-order valence-electron chi connectivity index (χ3n) is 2.97. The van der Waals surface area contributed by atoms with Crippen LogP contribution in [0.15, 0.2) is 0 Å². The van der Waals surface area contributed by atoms with E-state index in [1.165, 1.54) is 0 Å². The number of carbonyl (C=O) groups is 2. The lowest BCUT2D eigenvalue weighted by atomic mass is 10.3. The molecule has 0 aliphatic carbocycles. The van der Waals surface area contributed by atoms with Crippen molar-refractivity contribution >= 4 is 11.8 Å². The van der Waals surface area contributed by atoms with Gasteiger partial charge in [-0.3, -0.25) is 9.59 Å². The molecule has 0 heterocycles. The average Bonchev–Trinajstić information content (AvgIpc) is 2.38. The smallest absolute Gasteiger partial charge is 0.218 e. The fourth-order valence-corrected chi connectivity index (χ4v) is 1.86. The predicted molar refractivity (Wildman–Crippen MR) is 78.6 cm³/mol. The third-order valence-corrected chi connectivity index (χ3v) is 2.97. The molecule has 0 bridgehead atoms. The Hall–Kier alpha value is -1.22. The Bertz CT molecular complexity index is 259. The zero-order valence-corrected chi connectivity index (χ0v) is 12.1. The lowest BCUT2D eigenvalue weighted by molar-refractivity contribution is -0.119. The van der Waals surface area contributed by atoms with E-state index in [4.69, 9.17) is 22.9 Å². The highest BCUT2D eigenvalue weighted by atomic mass is 16.1. The Morgan fingerprint density at radius 3 is 1.25 bits per heavy atom. The lowest BCUT2D eigenvalue weighted by Crippen LogP contribution is -2.41. The molecule has 0 aromatic heterocycles. The van der Waals surface area contributed by atoms with E-state index in [-0.39, 0.29) is 11.8 Å². The average molecular weight is 288 g/mol. The van der Waals surface area contributed by atoms with Crippen LogP contribution >= 0.6 is 0 Å². The zero-order valence-electron chi connectivity index (χ0n) is 12.1. The monoisotopic (exact) mass is 288 g/mol. The first-order valence-corrected chi connectivity index (χ1v) is 6.91. The lowest BCUT2D eigenvalue weighted by Gasteiger charge is -2.26. The van der Waals surface area contributed by atoms with Gasteiger partial charge < -0.3 is 32.7 Å². The van der Waals surface area contributed by atoms with E-state index in [0.29, 0.717) is 52.1 Å². The van der Waals surface area contributed by atoms with Gasteiger partial charge in [0.2, 0.25) is 11.8 Å². The number of carbonyl (C=O) groups excluding carboxylic acids is 2. The maximum atomic E-state index is 10.8. The molecule has 0 unspecified atom stereocenters. The molecule has 0 aliphatic rings. The summed E-state index contributed by atoms with van der Waals surface area (Å²) in [6.45, 7) is 5.16. The van der Waals surface area contributed by atoms with Crippen LogP contribution in [0.25, 0.3) is 0 Å². The number of amides is 2. The van der Waals surface area contributed by atoms with Crippen LogP contribution in [0.2, 0.25) is 0 Å². The molecule has 8 nitrogen and oxygen atoms in total. The molecule has 0 aliphatic heterocycles. The zero-order chi connectivity index (χ0) is 15.4. The van der Waals surface area contributed by atoms with Gasteiger partial charge in [-0.25, -0.2) is 0 Å². The summed E-state index contributed by atoms with van der Waals surface area (Å²) in [6.07, 6.45) is 0.635. The Morgan fingerprint density at radius 1 is 0.650 bits per heavy atom. The van der Waals surface area contributed by atoms with Crippen molar-refractivity contribution in [1.82, 2.24) is 9.80 Å². The van der Waals surface area contributed by atoms with Crippen LogP contribution in [0, 0.1) is 0 Å². The van der Waals surface area contributed by atoms with Crippen molar-refractivity contribution in [2.24, 2.45) is 22.9 Å². The van der Waals surface area contributed by atoms with Crippen molar-refractivity contribution in [3.63, 3.8) is 0 Å². The molecule has 0 aromatic rings. The van der Waals surface area contributed by atoms with E-state index in [1.54, 1.807) is 0 Å². The highest BCUT2D eigenvalue weighted by Crippen LogP contribution is 1.96. The van der Waals surface area contributed by atoms with E-state index >= 15 is 0 Å². The number of primary amides is 2. The van der Waals surface area contributed by atoms with Gasteiger partial charge in [0.05, 0.1) is 0 Å². The van der Waals surface area contributed by atoms with Gasteiger partial charge in [0.1, 0.15) is 0 Å². The number of rotatable bonds is 13.